The fourth-order valence-electron chi connectivity index (χ4n) is 2.69. The zero-order valence-electron chi connectivity index (χ0n) is 14.2. The maximum absolute atomic E-state index is 12.3. The van der Waals surface area contributed by atoms with E-state index in [9.17, 15) is 9.59 Å². The Morgan fingerprint density at radius 1 is 1.12 bits per heavy atom. The Morgan fingerprint density at radius 2 is 1.92 bits per heavy atom. The first-order valence-corrected chi connectivity index (χ1v) is 8.07. The molecular formula is C19H20N2O4. The van der Waals surface area contributed by atoms with Crippen LogP contribution in [-0.4, -0.2) is 31.7 Å². The van der Waals surface area contributed by atoms with Crippen LogP contribution in [0.2, 0.25) is 0 Å². The van der Waals surface area contributed by atoms with Crippen LogP contribution >= 0.6 is 0 Å². The molecular weight excluding hydrogens is 320 g/mol. The summed E-state index contributed by atoms with van der Waals surface area (Å²) in [5.74, 6) is 0.922. The summed E-state index contributed by atoms with van der Waals surface area (Å²) in [6.45, 7) is 4.41. The molecule has 25 heavy (non-hydrogen) atoms. The van der Waals surface area contributed by atoms with Crippen molar-refractivity contribution in [2.45, 2.75) is 13.8 Å². The van der Waals surface area contributed by atoms with E-state index in [2.05, 4.69) is 5.32 Å². The average Bonchev–Trinajstić information content (AvgIpc) is 3.05. The summed E-state index contributed by atoms with van der Waals surface area (Å²) in [5, 5.41) is 2.83. The van der Waals surface area contributed by atoms with Crippen molar-refractivity contribution in [3.8, 4) is 11.5 Å². The predicted molar refractivity (Wildman–Crippen MR) is 94.1 cm³/mol. The van der Waals surface area contributed by atoms with Gasteiger partial charge in [-0.25, -0.2) is 0 Å². The third kappa shape index (κ3) is 3.91. The van der Waals surface area contributed by atoms with E-state index in [0.29, 0.717) is 30.2 Å². The molecule has 6 nitrogen and oxygen atoms in total. The average molecular weight is 340 g/mol. The Kier molecular flexibility index (Phi) is 4.88. The van der Waals surface area contributed by atoms with E-state index in [4.69, 9.17) is 9.47 Å². The minimum Gasteiger partial charge on any atom is -0.454 e. The molecule has 0 saturated heterocycles. The molecule has 0 radical (unpaired) electrons. The lowest BCUT2D eigenvalue weighted by atomic mass is 10.2. The second-order valence-electron chi connectivity index (χ2n) is 5.83. The van der Waals surface area contributed by atoms with Crippen molar-refractivity contribution in [2.75, 3.05) is 24.8 Å². The molecule has 0 saturated carbocycles. The number of amides is 2. The first kappa shape index (κ1) is 16.8. The third-order valence-electron chi connectivity index (χ3n) is 3.95. The van der Waals surface area contributed by atoms with Gasteiger partial charge in [0.25, 0.3) is 5.91 Å². The topological polar surface area (TPSA) is 67.9 Å². The van der Waals surface area contributed by atoms with Crippen LogP contribution in [0.15, 0.2) is 42.5 Å². The summed E-state index contributed by atoms with van der Waals surface area (Å²) in [5.41, 5.74) is 2.40. The standard InChI is InChI=1S/C19H20N2O4/c1-13-4-3-5-16(10-13)21(14(2)22)9-8-20-19(23)15-6-7-17-18(11-15)25-12-24-17/h3-7,10-11H,8-9,12H2,1-2H3,(H,20,23). The first-order valence-electron chi connectivity index (χ1n) is 8.07. The Bertz CT molecular complexity index is 804. The lowest BCUT2D eigenvalue weighted by Crippen LogP contribution is -2.37. The van der Waals surface area contributed by atoms with Gasteiger partial charge in [0, 0.05) is 31.3 Å². The monoisotopic (exact) mass is 340 g/mol. The van der Waals surface area contributed by atoms with Crippen LogP contribution in [0, 0.1) is 6.92 Å². The molecule has 2 amide bonds. The van der Waals surface area contributed by atoms with Crippen molar-refractivity contribution in [1.82, 2.24) is 5.32 Å². The van der Waals surface area contributed by atoms with Gasteiger partial charge in [-0.15, -0.1) is 0 Å². The highest BCUT2D eigenvalue weighted by atomic mass is 16.7. The molecule has 130 valence electrons. The minimum absolute atomic E-state index is 0.0667. The van der Waals surface area contributed by atoms with Gasteiger partial charge in [0.05, 0.1) is 0 Å². The normalized spacial score (nSPS) is 11.9. The Hall–Kier alpha value is -3.02. The molecule has 0 bridgehead atoms. The fourth-order valence-corrected chi connectivity index (χ4v) is 2.69. The van der Waals surface area contributed by atoms with Crippen molar-refractivity contribution in [2.24, 2.45) is 0 Å². The summed E-state index contributed by atoms with van der Waals surface area (Å²) >= 11 is 0. The number of nitrogens with zero attached hydrogens (tertiary/aromatic N) is 1. The maximum atomic E-state index is 12.3. The number of hydrogen-bond acceptors (Lipinski definition) is 4. The molecule has 1 heterocycles. The molecule has 0 fully saturated rings. The van der Waals surface area contributed by atoms with Crippen LogP contribution in [0.3, 0.4) is 0 Å². The third-order valence-corrected chi connectivity index (χ3v) is 3.95. The SMILES string of the molecule is CC(=O)N(CCNC(=O)c1ccc2c(c1)OCO2)c1cccc(C)c1. The van der Waals surface area contributed by atoms with Crippen LogP contribution in [0.5, 0.6) is 11.5 Å². The summed E-state index contributed by atoms with van der Waals surface area (Å²) in [7, 11) is 0. The molecule has 0 spiro atoms. The molecule has 3 rings (SSSR count). The van der Waals surface area contributed by atoms with Gasteiger partial charge >= 0.3 is 0 Å². The van der Waals surface area contributed by atoms with Gasteiger partial charge in [-0.1, -0.05) is 12.1 Å². The second kappa shape index (κ2) is 7.25. The zero-order chi connectivity index (χ0) is 17.8. The summed E-state index contributed by atoms with van der Waals surface area (Å²) in [6, 6.07) is 12.8. The number of ether oxygens (including phenoxy) is 2. The number of nitrogens with one attached hydrogen (secondary N) is 1. The Morgan fingerprint density at radius 3 is 2.68 bits per heavy atom. The van der Waals surface area contributed by atoms with Crippen LogP contribution < -0.4 is 19.7 Å². The zero-order valence-corrected chi connectivity index (χ0v) is 14.2. The molecule has 1 aliphatic heterocycles. The van der Waals surface area contributed by atoms with E-state index < -0.39 is 0 Å². The van der Waals surface area contributed by atoms with E-state index in [0.717, 1.165) is 11.3 Å². The van der Waals surface area contributed by atoms with Crippen molar-refractivity contribution in [3.63, 3.8) is 0 Å². The van der Waals surface area contributed by atoms with Gasteiger partial charge in [-0.05, 0) is 42.8 Å². The number of hydrogen-bond donors (Lipinski definition) is 1. The van der Waals surface area contributed by atoms with E-state index in [-0.39, 0.29) is 18.6 Å². The van der Waals surface area contributed by atoms with Crippen molar-refractivity contribution in [1.29, 1.82) is 0 Å². The largest absolute Gasteiger partial charge is 0.454 e. The summed E-state index contributed by atoms with van der Waals surface area (Å²) < 4.78 is 10.5. The number of carbonyl (C=O) groups excluding carboxylic acids is 2. The Labute approximate surface area is 146 Å². The lowest BCUT2D eigenvalue weighted by Gasteiger charge is -2.21. The highest BCUT2D eigenvalue weighted by molar-refractivity contribution is 5.95. The molecule has 1 aliphatic rings. The number of rotatable bonds is 5. The van der Waals surface area contributed by atoms with Crippen LogP contribution in [0.4, 0.5) is 5.69 Å². The van der Waals surface area contributed by atoms with E-state index in [1.807, 2.05) is 31.2 Å². The fraction of sp³-hybridized carbons (Fsp3) is 0.263. The molecule has 1 N–H and O–H groups in total. The summed E-state index contributed by atoms with van der Waals surface area (Å²) in [6.07, 6.45) is 0. The van der Waals surface area contributed by atoms with Gasteiger partial charge < -0.3 is 19.7 Å². The molecule has 2 aromatic carbocycles. The molecule has 2 aromatic rings. The first-order chi connectivity index (χ1) is 12.0. The van der Waals surface area contributed by atoms with E-state index >= 15 is 0 Å². The number of carbonyl (C=O) groups is 2. The number of anilines is 1. The molecule has 6 heteroatoms. The second-order valence-corrected chi connectivity index (χ2v) is 5.83. The number of aryl methyl sites for hydroxylation is 1. The lowest BCUT2D eigenvalue weighted by molar-refractivity contribution is -0.116. The molecule has 0 unspecified atom stereocenters. The van der Waals surface area contributed by atoms with Crippen LogP contribution in [0.25, 0.3) is 0 Å². The maximum Gasteiger partial charge on any atom is 0.251 e. The van der Waals surface area contributed by atoms with E-state index in [1.54, 1.807) is 23.1 Å². The van der Waals surface area contributed by atoms with Crippen molar-refractivity contribution in [3.05, 3.63) is 53.6 Å². The predicted octanol–water partition coefficient (Wildman–Crippen LogP) is 2.51. The minimum atomic E-state index is -0.217. The smallest absolute Gasteiger partial charge is 0.251 e. The number of benzene rings is 2. The van der Waals surface area contributed by atoms with Gasteiger partial charge in [0.15, 0.2) is 11.5 Å². The highest BCUT2D eigenvalue weighted by Gasteiger charge is 2.17. The van der Waals surface area contributed by atoms with Crippen molar-refractivity contribution < 1.29 is 19.1 Å². The highest BCUT2D eigenvalue weighted by Crippen LogP contribution is 2.32. The van der Waals surface area contributed by atoms with Gasteiger partial charge in [0.1, 0.15) is 0 Å². The molecule has 0 aromatic heterocycles. The molecule has 0 aliphatic carbocycles. The van der Waals surface area contributed by atoms with Gasteiger partial charge in [0.2, 0.25) is 12.7 Å². The number of fused-ring (bicyclic) bond motifs is 1. The Balaban J connectivity index is 1.60. The van der Waals surface area contributed by atoms with Crippen molar-refractivity contribution >= 4 is 17.5 Å². The van der Waals surface area contributed by atoms with Gasteiger partial charge in [-0.3, -0.25) is 9.59 Å². The summed E-state index contributed by atoms with van der Waals surface area (Å²) in [4.78, 5) is 25.8. The quantitative estimate of drug-likeness (QED) is 0.908. The van der Waals surface area contributed by atoms with Crippen LogP contribution in [-0.2, 0) is 4.79 Å². The van der Waals surface area contributed by atoms with Crippen LogP contribution in [0.1, 0.15) is 22.8 Å². The van der Waals surface area contributed by atoms with E-state index in [1.165, 1.54) is 6.92 Å². The molecule has 0 atom stereocenters. The van der Waals surface area contributed by atoms with Gasteiger partial charge in [-0.2, -0.15) is 0 Å².